The molecule has 1 atom stereocenters. The minimum absolute atomic E-state index is 0.292. The zero-order valence-corrected chi connectivity index (χ0v) is 7.74. The molecule has 0 amide bonds. The molecule has 0 aromatic heterocycles. The Hall–Kier alpha value is -1.12. The van der Waals surface area contributed by atoms with Crippen molar-refractivity contribution in [1.82, 2.24) is 5.43 Å². The summed E-state index contributed by atoms with van der Waals surface area (Å²) in [5.74, 6) is 5.41. The van der Waals surface area contributed by atoms with E-state index in [0.29, 0.717) is 6.04 Å². The van der Waals surface area contributed by atoms with Gasteiger partial charge in [-0.3, -0.25) is 11.3 Å². The van der Waals surface area contributed by atoms with Crippen molar-refractivity contribution in [3.63, 3.8) is 0 Å². The van der Waals surface area contributed by atoms with Crippen LogP contribution in [0.1, 0.15) is 12.0 Å². The molecule has 0 spiro atoms. The fraction of sp³-hybridized carbons (Fsp3) is 0.273. The fourth-order valence-electron chi connectivity index (χ4n) is 1.31. The molecule has 1 rings (SSSR count). The molecular formula is C11H16N2. The molecule has 0 saturated carbocycles. The summed E-state index contributed by atoms with van der Waals surface area (Å²) in [6.45, 7) is 3.69. The average molecular weight is 176 g/mol. The third kappa shape index (κ3) is 3.40. The molecule has 2 heteroatoms. The number of hydrogen-bond donors (Lipinski definition) is 2. The molecule has 1 aromatic rings. The molecule has 70 valence electrons. The molecule has 0 aliphatic carbocycles. The number of nitrogens with two attached hydrogens (primary N) is 1. The molecule has 2 nitrogen and oxygen atoms in total. The summed E-state index contributed by atoms with van der Waals surface area (Å²) < 4.78 is 0. The first-order chi connectivity index (χ1) is 6.36. The highest BCUT2D eigenvalue weighted by molar-refractivity contribution is 5.16. The van der Waals surface area contributed by atoms with E-state index in [1.807, 2.05) is 24.3 Å². The Balaban J connectivity index is 2.51. The van der Waals surface area contributed by atoms with E-state index in [0.717, 1.165) is 12.8 Å². The molecule has 1 unspecified atom stereocenters. The maximum Gasteiger partial charge on any atom is 0.0285 e. The Morgan fingerprint density at radius 3 is 2.62 bits per heavy atom. The zero-order valence-electron chi connectivity index (χ0n) is 7.74. The van der Waals surface area contributed by atoms with Crippen LogP contribution in [0.2, 0.25) is 0 Å². The molecule has 0 saturated heterocycles. The van der Waals surface area contributed by atoms with Crippen LogP contribution in [-0.4, -0.2) is 6.04 Å². The maximum absolute atomic E-state index is 5.41. The molecule has 0 heterocycles. The Bertz CT molecular complexity index is 244. The first-order valence-corrected chi connectivity index (χ1v) is 4.47. The molecule has 0 aliphatic rings. The smallest absolute Gasteiger partial charge is 0.0285 e. The Morgan fingerprint density at radius 2 is 2.08 bits per heavy atom. The van der Waals surface area contributed by atoms with Crippen LogP contribution >= 0.6 is 0 Å². The standard InChI is InChI=1S/C11H16N2/c1-2-6-11(13-12)9-10-7-4-3-5-8-10/h2-5,7-8,11,13H,1,6,9,12H2. The third-order valence-electron chi connectivity index (χ3n) is 2.01. The average Bonchev–Trinajstić information content (AvgIpc) is 2.19. The van der Waals surface area contributed by atoms with Gasteiger partial charge in [-0.2, -0.15) is 0 Å². The number of rotatable bonds is 5. The predicted octanol–water partition coefficient (Wildman–Crippen LogP) is 1.64. The van der Waals surface area contributed by atoms with Gasteiger partial charge >= 0.3 is 0 Å². The van der Waals surface area contributed by atoms with Crippen LogP contribution in [0.4, 0.5) is 0 Å². The second kappa shape index (κ2) is 5.51. The lowest BCUT2D eigenvalue weighted by Crippen LogP contribution is -2.36. The summed E-state index contributed by atoms with van der Waals surface area (Å²) in [7, 11) is 0. The van der Waals surface area contributed by atoms with Crippen molar-refractivity contribution in [3.05, 3.63) is 48.6 Å². The maximum atomic E-state index is 5.41. The predicted molar refractivity (Wildman–Crippen MR) is 56.1 cm³/mol. The van der Waals surface area contributed by atoms with Crippen molar-refractivity contribution in [3.8, 4) is 0 Å². The lowest BCUT2D eigenvalue weighted by molar-refractivity contribution is 0.531. The molecule has 0 radical (unpaired) electrons. The molecule has 0 aliphatic heterocycles. The van der Waals surface area contributed by atoms with E-state index in [1.54, 1.807) is 0 Å². The van der Waals surface area contributed by atoms with Gasteiger partial charge in [-0.25, -0.2) is 0 Å². The first kappa shape index (κ1) is 9.96. The van der Waals surface area contributed by atoms with Gasteiger partial charge in [0.25, 0.3) is 0 Å². The van der Waals surface area contributed by atoms with E-state index in [-0.39, 0.29) is 0 Å². The van der Waals surface area contributed by atoms with Gasteiger partial charge in [-0.1, -0.05) is 36.4 Å². The van der Waals surface area contributed by atoms with Gasteiger partial charge in [-0.05, 0) is 18.4 Å². The minimum atomic E-state index is 0.292. The van der Waals surface area contributed by atoms with E-state index >= 15 is 0 Å². The SMILES string of the molecule is C=CCC(Cc1ccccc1)NN. The number of benzene rings is 1. The van der Waals surface area contributed by atoms with Crippen molar-refractivity contribution in [2.75, 3.05) is 0 Å². The van der Waals surface area contributed by atoms with E-state index in [9.17, 15) is 0 Å². The van der Waals surface area contributed by atoms with Gasteiger partial charge in [0.15, 0.2) is 0 Å². The van der Waals surface area contributed by atoms with E-state index < -0.39 is 0 Å². The number of hydrogen-bond acceptors (Lipinski definition) is 2. The molecule has 13 heavy (non-hydrogen) atoms. The molecular weight excluding hydrogens is 160 g/mol. The van der Waals surface area contributed by atoms with Gasteiger partial charge < -0.3 is 0 Å². The second-order valence-electron chi connectivity index (χ2n) is 3.08. The van der Waals surface area contributed by atoms with Gasteiger partial charge in [0.2, 0.25) is 0 Å². The summed E-state index contributed by atoms with van der Waals surface area (Å²) in [5.41, 5.74) is 4.08. The zero-order chi connectivity index (χ0) is 9.52. The highest BCUT2D eigenvalue weighted by Gasteiger charge is 2.04. The molecule has 3 N–H and O–H groups in total. The van der Waals surface area contributed by atoms with E-state index in [1.165, 1.54) is 5.56 Å². The van der Waals surface area contributed by atoms with Crippen molar-refractivity contribution >= 4 is 0 Å². The Labute approximate surface area is 79.4 Å². The van der Waals surface area contributed by atoms with Gasteiger partial charge in [0.05, 0.1) is 0 Å². The summed E-state index contributed by atoms with van der Waals surface area (Å²) in [4.78, 5) is 0. The lowest BCUT2D eigenvalue weighted by atomic mass is 10.0. The second-order valence-corrected chi connectivity index (χ2v) is 3.08. The van der Waals surface area contributed by atoms with Crippen LogP contribution < -0.4 is 11.3 Å². The number of hydrazine groups is 1. The van der Waals surface area contributed by atoms with Crippen LogP contribution in [0.25, 0.3) is 0 Å². The summed E-state index contributed by atoms with van der Waals surface area (Å²) in [6.07, 6.45) is 3.72. The van der Waals surface area contributed by atoms with Crippen LogP contribution in [0.3, 0.4) is 0 Å². The minimum Gasteiger partial charge on any atom is -0.271 e. The Kier molecular flexibility index (Phi) is 4.23. The monoisotopic (exact) mass is 176 g/mol. The quantitative estimate of drug-likeness (QED) is 0.406. The molecule has 0 fully saturated rings. The van der Waals surface area contributed by atoms with Gasteiger partial charge in [0, 0.05) is 6.04 Å². The number of nitrogens with one attached hydrogen (secondary N) is 1. The van der Waals surface area contributed by atoms with Crippen LogP contribution in [-0.2, 0) is 6.42 Å². The summed E-state index contributed by atoms with van der Waals surface area (Å²) in [6, 6.07) is 10.6. The normalized spacial score (nSPS) is 12.4. The lowest BCUT2D eigenvalue weighted by Gasteiger charge is -2.13. The highest BCUT2D eigenvalue weighted by atomic mass is 15.2. The Morgan fingerprint density at radius 1 is 1.38 bits per heavy atom. The summed E-state index contributed by atoms with van der Waals surface area (Å²) >= 11 is 0. The molecule has 1 aromatic carbocycles. The summed E-state index contributed by atoms with van der Waals surface area (Å²) in [5, 5.41) is 0. The topological polar surface area (TPSA) is 38.0 Å². The van der Waals surface area contributed by atoms with Crippen LogP contribution in [0.5, 0.6) is 0 Å². The van der Waals surface area contributed by atoms with E-state index in [2.05, 4.69) is 24.1 Å². The highest BCUT2D eigenvalue weighted by Crippen LogP contribution is 2.04. The van der Waals surface area contributed by atoms with E-state index in [4.69, 9.17) is 5.84 Å². The van der Waals surface area contributed by atoms with Crippen LogP contribution in [0.15, 0.2) is 43.0 Å². The van der Waals surface area contributed by atoms with Crippen LogP contribution in [0, 0.1) is 0 Å². The van der Waals surface area contributed by atoms with Crippen molar-refractivity contribution in [2.45, 2.75) is 18.9 Å². The third-order valence-corrected chi connectivity index (χ3v) is 2.01. The van der Waals surface area contributed by atoms with Gasteiger partial charge in [0.1, 0.15) is 0 Å². The fourth-order valence-corrected chi connectivity index (χ4v) is 1.31. The van der Waals surface area contributed by atoms with Gasteiger partial charge in [-0.15, -0.1) is 6.58 Å². The van der Waals surface area contributed by atoms with Crippen molar-refractivity contribution in [1.29, 1.82) is 0 Å². The molecule has 0 bridgehead atoms. The first-order valence-electron chi connectivity index (χ1n) is 4.47. The van der Waals surface area contributed by atoms with Crippen molar-refractivity contribution in [2.24, 2.45) is 5.84 Å². The largest absolute Gasteiger partial charge is 0.271 e. The van der Waals surface area contributed by atoms with Crippen molar-refractivity contribution < 1.29 is 0 Å².